The topological polar surface area (TPSA) is 190 Å². The highest BCUT2D eigenvalue weighted by Gasteiger charge is 2.37. The molecule has 1 aliphatic rings. The molecule has 2 aromatic carbocycles. The monoisotopic (exact) mass is 721 g/mol. The first-order valence-electron chi connectivity index (χ1n) is 13.4. The van der Waals surface area contributed by atoms with Crippen molar-refractivity contribution in [2.45, 2.75) is 24.9 Å². The van der Waals surface area contributed by atoms with Crippen molar-refractivity contribution in [3.05, 3.63) is 93.7 Å². The van der Waals surface area contributed by atoms with Crippen LogP contribution in [0, 0.1) is 40.5 Å². The summed E-state index contributed by atoms with van der Waals surface area (Å²) in [5.41, 5.74) is -1.60. The molecule has 0 atom stereocenters. The first kappa shape index (κ1) is 37.7. The van der Waals surface area contributed by atoms with E-state index in [0.717, 1.165) is 30.3 Å². The van der Waals surface area contributed by atoms with Crippen molar-refractivity contribution in [2.24, 2.45) is 11.1 Å². The van der Waals surface area contributed by atoms with E-state index in [1.54, 1.807) is 6.07 Å². The summed E-state index contributed by atoms with van der Waals surface area (Å²) < 4.78 is 130. The number of hydrogen-bond acceptors (Lipinski definition) is 10. The summed E-state index contributed by atoms with van der Waals surface area (Å²) in [5.74, 6) is -8.81. The number of hydrogen-bond donors (Lipinski definition) is 2. The molecule has 1 saturated heterocycles. The Hall–Kier alpha value is -4.74. The molecule has 258 valence electrons. The first-order chi connectivity index (χ1) is 22.3. The van der Waals surface area contributed by atoms with E-state index in [4.69, 9.17) is 9.88 Å². The molecule has 2 heterocycles. The van der Waals surface area contributed by atoms with E-state index in [1.807, 2.05) is 4.72 Å². The highest BCUT2D eigenvalue weighted by Crippen LogP contribution is 2.32. The summed E-state index contributed by atoms with van der Waals surface area (Å²) in [4.78, 5) is 29.4. The fourth-order valence-electron chi connectivity index (χ4n) is 4.18. The number of nitrogens with one attached hydrogen (secondary N) is 1. The number of amides is 1. The van der Waals surface area contributed by atoms with E-state index in [2.05, 4.69) is 4.98 Å². The Bertz CT molecular complexity index is 1970. The lowest BCUT2D eigenvalue weighted by Gasteiger charge is -2.39. The molecule has 0 unspecified atom stereocenters. The van der Waals surface area contributed by atoms with Crippen molar-refractivity contribution in [3.63, 3.8) is 0 Å². The fraction of sp³-hybridized carbons (Fsp3) is 0.286. The van der Waals surface area contributed by atoms with Gasteiger partial charge in [0.2, 0.25) is 26.0 Å². The molecule has 12 nitrogen and oxygen atoms in total. The second kappa shape index (κ2) is 15.4. The minimum Gasteiger partial charge on any atom is -0.462 e. The van der Waals surface area contributed by atoms with Gasteiger partial charge in [-0.05, 0) is 48.4 Å². The molecule has 3 N–H and O–H groups in total. The van der Waals surface area contributed by atoms with E-state index < -0.39 is 90.3 Å². The third-order valence-corrected chi connectivity index (χ3v) is 8.32. The average molecular weight is 722 g/mol. The number of carbonyl (C=O) groups excluding carboxylic acids is 2. The minimum atomic E-state index is -4.24. The maximum absolute atomic E-state index is 13.5. The zero-order chi connectivity index (χ0) is 36.0. The Kier molecular flexibility index (Phi) is 12.1. The molecule has 0 spiro atoms. The maximum Gasteiger partial charge on any atom is 0.340 e. The summed E-state index contributed by atoms with van der Waals surface area (Å²) in [6.07, 6.45) is -3.15. The van der Waals surface area contributed by atoms with Gasteiger partial charge >= 0.3 is 5.97 Å². The third kappa shape index (κ3) is 10.1. The summed E-state index contributed by atoms with van der Waals surface area (Å²) in [5, 5.41) is 14.1. The number of aromatic nitrogens is 1. The van der Waals surface area contributed by atoms with E-state index in [0.29, 0.717) is 6.07 Å². The molecule has 1 aliphatic heterocycles. The van der Waals surface area contributed by atoms with Gasteiger partial charge < -0.3 is 9.64 Å². The van der Waals surface area contributed by atoms with Gasteiger partial charge in [0.25, 0.3) is 6.43 Å². The molecular formula is C28H25F6N5O7S2. The number of pyridine rings is 1. The Morgan fingerprint density at radius 1 is 0.979 bits per heavy atom. The fourth-order valence-corrected chi connectivity index (χ4v) is 5.99. The van der Waals surface area contributed by atoms with Gasteiger partial charge in [-0.25, -0.2) is 58.1 Å². The van der Waals surface area contributed by atoms with Crippen LogP contribution in [0.2, 0.25) is 0 Å². The second-order valence-electron chi connectivity index (χ2n) is 10.1. The normalized spacial score (nSPS) is 13.2. The van der Waals surface area contributed by atoms with Crippen molar-refractivity contribution in [3.8, 4) is 6.07 Å². The standard InChI is InChI=1S/C21H18F4N4O5S.C7H7F2NO2S/c1-2-34-21(31)14-6-12(7-26)19(27-17(14)18(24)25)29-8-13(9-29)20(30)28-35(32,33)10-11-3-4-15(22)16(23)5-11;8-6-2-1-5(3-7(6)9)4-13(10,11)12/h3-6,13,18H,2,8-10H2,1H3,(H,28,30);1-3H,4H2,(H2,10,11,12). The zero-order valence-electron chi connectivity index (χ0n) is 24.6. The number of primary sulfonamides is 1. The number of nitrogens with two attached hydrogens (primary N) is 1. The van der Waals surface area contributed by atoms with Crippen molar-refractivity contribution < 1.29 is 57.5 Å². The quantitative estimate of drug-likeness (QED) is 0.232. The average Bonchev–Trinajstić information content (AvgIpc) is 2.95. The summed E-state index contributed by atoms with van der Waals surface area (Å²) in [7, 11) is -7.94. The lowest BCUT2D eigenvalue weighted by molar-refractivity contribution is -0.123. The number of carbonyl (C=O) groups is 2. The number of nitrogens with zero attached hydrogens (tertiary/aromatic N) is 3. The van der Waals surface area contributed by atoms with Gasteiger partial charge in [0.05, 0.1) is 35.2 Å². The molecule has 1 aromatic heterocycles. The SMILES string of the molecule is CCOC(=O)c1cc(C#N)c(N2CC(C(=O)NS(=O)(=O)Cc3ccc(F)c(F)c3)C2)nc1C(F)F.NS(=O)(=O)Cc1ccc(F)c(F)c1. The largest absolute Gasteiger partial charge is 0.462 e. The van der Waals surface area contributed by atoms with Crippen molar-refractivity contribution in [1.82, 2.24) is 9.71 Å². The molecule has 1 amide bonds. The van der Waals surface area contributed by atoms with Crippen LogP contribution in [0.25, 0.3) is 0 Å². The summed E-state index contributed by atoms with van der Waals surface area (Å²) in [6, 6.07) is 8.03. The van der Waals surface area contributed by atoms with E-state index in [9.17, 15) is 58.0 Å². The number of nitriles is 1. The van der Waals surface area contributed by atoms with E-state index in [1.165, 1.54) is 17.9 Å². The minimum absolute atomic E-state index is 0.0763. The number of benzene rings is 2. The molecule has 1 fully saturated rings. The highest BCUT2D eigenvalue weighted by atomic mass is 32.2. The molecule has 48 heavy (non-hydrogen) atoms. The van der Waals surface area contributed by atoms with Gasteiger partial charge in [-0.3, -0.25) is 9.52 Å². The van der Waals surface area contributed by atoms with Gasteiger partial charge in [-0.1, -0.05) is 12.1 Å². The van der Waals surface area contributed by atoms with Crippen LogP contribution in [0.5, 0.6) is 0 Å². The van der Waals surface area contributed by atoms with Crippen LogP contribution < -0.4 is 14.8 Å². The van der Waals surface area contributed by atoms with Crippen molar-refractivity contribution >= 4 is 37.7 Å². The van der Waals surface area contributed by atoms with Crippen LogP contribution in [0.4, 0.5) is 32.2 Å². The molecular weight excluding hydrogens is 696 g/mol. The Labute approximate surface area is 270 Å². The van der Waals surface area contributed by atoms with Crippen molar-refractivity contribution in [1.29, 1.82) is 5.26 Å². The first-order valence-corrected chi connectivity index (χ1v) is 16.8. The Morgan fingerprint density at radius 2 is 1.52 bits per heavy atom. The van der Waals surface area contributed by atoms with Gasteiger partial charge in [0, 0.05) is 13.1 Å². The number of rotatable bonds is 10. The Balaban J connectivity index is 0.000000402. The summed E-state index contributed by atoms with van der Waals surface area (Å²) >= 11 is 0. The van der Waals surface area contributed by atoms with Crippen LogP contribution in [0.3, 0.4) is 0 Å². The van der Waals surface area contributed by atoms with Crippen molar-refractivity contribution in [2.75, 3.05) is 24.6 Å². The molecule has 0 aliphatic carbocycles. The zero-order valence-corrected chi connectivity index (χ0v) is 26.2. The van der Waals surface area contributed by atoms with Gasteiger partial charge in [0.15, 0.2) is 23.3 Å². The smallest absolute Gasteiger partial charge is 0.340 e. The van der Waals surface area contributed by atoms with E-state index in [-0.39, 0.29) is 42.2 Å². The number of halogens is 6. The van der Waals surface area contributed by atoms with Crippen LogP contribution in [0.1, 0.15) is 46.1 Å². The third-order valence-electron chi connectivity index (χ3n) is 6.35. The second-order valence-corrected chi connectivity index (χ2v) is 13.4. The molecule has 3 aromatic rings. The predicted octanol–water partition coefficient (Wildman–Crippen LogP) is 3.18. The lowest BCUT2D eigenvalue weighted by atomic mass is 9.98. The van der Waals surface area contributed by atoms with Gasteiger partial charge in [-0.2, -0.15) is 5.26 Å². The molecule has 4 rings (SSSR count). The number of alkyl halides is 2. The molecule has 20 heteroatoms. The number of anilines is 1. The van der Waals surface area contributed by atoms with Crippen LogP contribution in [0.15, 0.2) is 42.5 Å². The Morgan fingerprint density at radius 3 is 1.98 bits per heavy atom. The van der Waals surface area contributed by atoms with Gasteiger partial charge in [-0.15, -0.1) is 0 Å². The van der Waals surface area contributed by atoms with Gasteiger partial charge in [0.1, 0.15) is 17.6 Å². The predicted molar refractivity (Wildman–Crippen MR) is 156 cm³/mol. The number of esters is 1. The molecule has 0 saturated carbocycles. The summed E-state index contributed by atoms with van der Waals surface area (Å²) in [6.45, 7) is 1.12. The van der Waals surface area contributed by atoms with Crippen LogP contribution in [-0.2, 0) is 41.1 Å². The molecule has 0 bridgehead atoms. The van der Waals surface area contributed by atoms with E-state index >= 15 is 0 Å². The van der Waals surface area contributed by atoms with Crippen LogP contribution in [-0.4, -0.2) is 53.4 Å². The maximum atomic E-state index is 13.5. The number of ether oxygens (including phenoxy) is 1. The van der Waals surface area contributed by atoms with Crippen LogP contribution >= 0.6 is 0 Å². The number of sulfonamides is 2. The molecule has 0 radical (unpaired) electrons. The lowest BCUT2D eigenvalue weighted by Crippen LogP contribution is -2.55. The highest BCUT2D eigenvalue weighted by molar-refractivity contribution is 7.89.